The van der Waals surface area contributed by atoms with Crippen LogP contribution in [0.15, 0.2) is 54.6 Å². The van der Waals surface area contributed by atoms with Crippen LogP contribution in [0.1, 0.15) is 115 Å². The highest BCUT2D eigenvalue weighted by Crippen LogP contribution is 2.44. The van der Waals surface area contributed by atoms with Gasteiger partial charge in [0.25, 0.3) is 0 Å². The smallest absolute Gasteiger partial charge is 0.324 e. The monoisotopic (exact) mass is 1040 g/mol. The number of benzene rings is 2. The molecule has 6 N–H and O–H groups in total. The molecule has 2 amide bonds. The average molecular weight is 1050 g/mol. The number of nitrogens with one attached hydrogen (secondary N) is 2. The zero-order chi connectivity index (χ0) is 54.9. The van der Waals surface area contributed by atoms with E-state index in [1.165, 1.54) is 14.0 Å². The number of nitrogens with zero attached hydrogens (tertiary/aromatic N) is 2. The Hall–Kier alpha value is -3.66. The Bertz CT molecular complexity index is 2070. The minimum atomic E-state index is -1.87. The second-order valence-electron chi connectivity index (χ2n) is 22.0. The fourth-order valence-corrected chi connectivity index (χ4v) is 11.3. The highest BCUT2D eigenvalue weighted by molar-refractivity contribution is 5.91. The first-order valence-electron chi connectivity index (χ1n) is 26.9. The van der Waals surface area contributed by atoms with Gasteiger partial charge in [0.2, 0.25) is 0 Å². The van der Waals surface area contributed by atoms with E-state index in [-0.39, 0.29) is 37.8 Å². The summed E-state index contributed by atoms with van der Waals surface area (Å²) in [6.45, 7) is 23.1. The first-order chi connectivity index (χ1) is 34.8. The van der Waals surface area contributed by atoms with Crippen LogP contribution in [0.3, 0.4) is 0 Å². The van der Waals surface area contributed by atoms with E-state index in [0.29, 0.717) is 43.3 Å². The van der Waals surface area contributed by atoms with Crippen molar-refractivity contribution in [1.29, 1.82) is 0 Å². The normalized spacial score (nSPS) is 38.7. The van der Waals surface area contributed by atoms with Crippen molar-refractivity contribution in [2.45, 2.75) is 205 Å². The van der Waals surface area contributed by atoms with Crippen LogP contribution in [0.4, 0.5) is 10.5 Å². The SMILES string of the molecule is CCCNC[C@]1(O)[C@H](C)O[C@@H](O[C@H]2[C@H](C)[C@@H](O[C@@H]3O[C@H](C)C[C@H](N(C)C(=O)N(C)c4ccccc4)[C@H]3Oc3cccc(OCC)c3)[C@](C)(O)C[C@@H](C)CN[C@H](C)[C@@H](O)[C@](C)(O)[C@@H](CC)OC(=O)[C@@H]2C)C[C@@]1(C)OC. The van der Waals surface area contributed by atoms with Gasteiger partial charge in [-0.15, -0.1) is 0 Å². The van der Waals surface area contributed by atoms with Crippen molar-refractivity contribution >= 4 is 17.7 Å². The number of anilines is 1. The van der Waals surface area contributed by atoms with Gasteiger partial charge < -0.3 is 73.9 Å². The maximum absolute atomic E-state index is 14.8. The minimum Gasteiger partial charge on any atom is -0.494 e. The predicted molar refractivity (Wildman–Crippen MR) is 282 cm³/mol. The summed E-state index contributed by atoms with van der Waals surface area (Å²) < 4.78 is 52.8. The first-order valence-corrected chi connectivity index (χ1v) is 26.9. The number of rotatable bonds is 16. The largest absolute Gasteiger partial charge is 0.494 e. The summed E-state index contributed by atoms with van der Waals surface area (Å²) in [5.41, 5.74) is -5.56. The number of ether oxygens (including phenoxy) is 8. The van der Waals surface area contributed by atoms with Gasteiger partial charge >= 0.3 is 12.0 Å². The topological polar surface area (TPSA) is 219 Å². The van der Waals surface area contributed by atoms with Gasteiger partial charge in [-0.2, -0.15) is 0 Å². The Morgan fingerprint density at radius 3 is 2.20 bits per heavy atom. The zero-order valence-corrected chi connectivity index (χ0v) is 46.9. The molecule has 2 aromatic rings. The molecule has 0 radical (unpaired) electrons. The average Bonchev–Trinajstić information content (AvgIpc) is 3.36. The molecule has 3 saturated heterocycles. The molecule has 18 heteroatoms. The highest BCUT2D eigenvalue weighted by Gasteiger charge is 2.58. The molecule has 0 bridgehead atoms. The molecule has 5 rings (SSSR count). The van der Waals surface area contributed by atoms with Crippen molar-refractivity contribution in [3.63, 3.8) is 0 Å². The molecule has 74 heavy (non-hydrogen) atoms. The number of aliphatic hydroxyl groups is 4. The molecule has 0 unspecified atom stereocenters. The second kappa shape index (κ2) is 26.1. The van der Waals surface area contributed by atoms with Crippen LogP contribution < -0.4 is 25.0 Å². The van der Waals surface area contributed by atoms with E-state index in [4.69, 9.17) is 37.9 Å². The van der Waals surface area contributed by atoms with Crippen LogP contribution in [0.5, 0.6) is 11.5 Å². The number of methoxy groups -OCH3 is 1. The maximum atomic E-state index is 14.8. The van der Waals surface area contributed by atoms with E-state index in [0.717, 1.165) is 6.42 Å². The zero-order valence-electron chi connectivity index (χ0n) is 46.9. The Morgan fingerprint density at radius 2 is 1.57 bits per heavy atom. The number of para-hydroxylation sites is 1. The molecule has 3 aliphatic heterocycles. The molecule has 0 saturated carbocycles. The van der Waals surface area contributed by atoms with E-state index < -0.39 is 108 Å². The van der Waals surface area contributed by atoms with Crippen LogP contribution in [0.2, 0.25) is 0 Å². The fourth-order valence-electron chi connectivity index (χ4n) is 11.3. The lowest BCUT2D eigenvalue weighted by Crippen LogP contribution is -2.70. The predicted octanol–water partition coefficient (Wildman–Crippen LogP) is 6.04. The summed E-state index contributed by atoms with van der Waals surface area (Å²) in [4.78, 5) is 32.5. The van der Waals surface area contributed by atoms with E-state index >= 15 is 0 Å². The molecule has 18 nitrogen and oxygen atoms in total. The molecular formula is C56H92N4O14. The summed E-state index contributed by atoms with van der Waals surface area (Å²) in [5.74, 6) is -1.97. The van der Waals surface area contributed by atoms with Gasteiger partial charge in [0.1, 0.15) is 40.5 Å². The highest BCUT2D eigenvalue weighted by atomic mass is 16.7. The van der Waals surface area contributed by atoms with Gasteiger partial charge in [0.15, 0.2) is 18.7 Å². The summed E-state index contributed by atoms with van der Waals surface area (Å²) in [6, 6.07) is 14.9. The lowest BCUT2D eigenvalue weighted by molar-refractivity contribution is -0.335. The van der Waals surface area contributed by atoms with Crippen LogP contribution >= 0.6 is 0 Å². The number of carbonyl (C=O) groups is 2. The van der Waals surface area contributed by atoms with Crippen LogP contribution in [-0.2, 0) is 33.2 Å². The number of hydrogen-bond acceptors (Lipinski definition) is 16. The summed E-state index contributed by atoms with van der Waals surface area (Å²) in [6.07, 6.45) is -7.85. The van der Waals surface area contributed by atoms with Crippen molar-refractivity contribution in [2.24, 2.45) is 17.8 Å². The van der Waals surface area contributed by atoms with Gasteiger partial charge in [-0.1, -0.05) is 52.0 Å². The van der Waals surface area contributed by atoms with Crippen LogP contribution in [0.25, 0.3) is 0 Å². The number of aliphatic hydroxyl groups excluding tert-OH is 1. The van der Waals surface area contributed by atoms with Gasteiger partial charge in [-0.3, -0.25) is 9.69 Å². The molecule has 0 aliphatic carbocycles. The standard InChI is InChI=1S/C56H92N4O14/c1-16-27-57-33-56(66)39(9)70-45(31-54(56,11)67-15)73-46-36(6)49(53(10,64)30-34(4)32-58-38(8)48(61)55(12,65)44(17-2)72-50(62)37(46)7)74-51-47(71-42-26-22-25-41(29-42)68-18-3)43(28-35(5)69-51)60(14)52(63)59(13)40-23-20-19-21-24-40/h19-26,29,34-39,43-49,51,57-58,61,64-66H,16-18,27-28,30-33H2,1-15H3/t34-,35-,36+,37-,38-,39+,43+,44-,45+,46+,47-,48-,49-,51+,53-,54-,55-,56+/m1/s1. The number of cyclic esters (lactones) is 1. The summed E-state index contributed by atoms with van der Waals surface area (Å²) in [5, 5.41) is 55.7. The van der Waals surface area contributed by atoms with Crippen LogP contribution in [0, 0.1) is 17.8 Å². The van der Waals surface area contributed by atoms with E-state index in [9.17, 15) is 30.0 Å². The number of carbonyl (C=O) groups excluding carboxylic acids is 2. The quantitative estimate of drug-likeness (QED) is 0.0834. The second-order valence-corrected chi connectivity index (χ2v) is 22.0. The Balaban J connectivity index is 1.66. The van der Waals surface area contributed by atoms with E-state index in [1.807, 2.05) is 84.0 Å². The van der Waals surface area contributed by atoms with Crippen LogP contribution in [-0.4, -0.2) is 175 Å². The third kappa shape index (κ3) is 14.1. The summed E-state index contributed by atoms with van der Waals surface area (Å²) >= 11 is 0. The molecule has 18 atom stereocenters. The van der Waals surface area contributed by atoms with Crippen molar-refractivity contribution in [1.82, 2.24) is 15.5 Å². The van der Waals surface area contributed by atoms with Crippen molar-refractivity contribution in [3.8, 4) is 11.5 Å². The van der Waals surface area contributed by atoms with Crippen molar-refractivity contribution in [2.75, 3.05) is 52.3 Å². The Morgan fingerprint density at radius 1 is 0.892 bits per heavy atom. The molecule has 420 valence electrons. The number of likely N-dealkylation sites (N-methyl/N-ethyl adjacent to an activating group) is 1. The molecule has 3 aliphatic rings. The molecule has 2 aromatic carbocycles. The fraction of sp³-hybridized carbons (Fsp3) is 0.750. The Kier molecular flexibility index (Phi) is 21.6. The summed E-state index contributed by atoms with van der Waals surface area (Å²) in [7, 11) is 4.97. The molecule has 0 spiro atoms. The first kappa shape index (κ1) is 61.2. The number of urea groups is 1. The Labute approximate surface area is 441 Å². The molecular weight excluding hydrogens is 953 g/mol. The lowest BCUT2D eigenvalue weighted by atomic mass is 9.75. The molecule has 3 heterocycles. The third-order valence-corrected chi connectivity index (χ3v) is 15.9. The minimum absolute atomic E-state index is 0.0452. The molecule has 3 fully saturated rings. The molecule has 0 aromatic heterocycles. The van der Waals surface area contributed by atoms with Gasteiger partial charge in [-0.05, 0) is 124 Å². The number of esters is 1. The maximum Gasteiger partial charge on any atom is 0.324 e. The van der Waals surface area contributed by atoms with E-state index in [1.54, 1.807) is 70.6 Å². The number of amides is 2. The van der Waals surface area contributed by atoms with Gasteiger partial charge in [-0.25, -0.2) is 4.79 Å². The third-order valence-electron chi connectivity index (χ3n) is 15.9. The van der Waals surface area contributed by atoms with Crippen molar-refractivity contribution in [3.05, 3.63) is 54.6 Å². The van der Waals surface area contributed by atoms with Gasteiger partial charge in [0, 0.05) is 57.9 Å². The number of hydrogen-bond donors (Lipinski definition) is 6. The van der Waals surface area contributed by atoms with Crippen molar-refractivity contribution < 1.29 is 67.9 Å². The van der Waals surface area contributed by atoms with Gasteiger partial charge in [0.05, 0.1) is 48.6 Å². The van der Waals surface area contributed by atoms with E-state index in [2.05, 4.69) is 10.6 Å². The lowest BCUT2D eigenvalue weighted by Gasteiger charge is -2.53.